The van der Waals surface area contributed by atoms with Crippen molar-refractivity contribution in [1.29, 1.82) is 0 Å². The fraction of sp³-hybridized carbons (Fsp3) is 0.227. The number of carbonyl (C=O) groups is 2. The molecule has 1 saturated heterocycles. The van der Waals surface area contributed by atoms with Crippen molar-refractivity contribution in [1.82, 2.24) is 25.2 Å². The standard InChI is InChI=1S/C22H21N7O4/c1-12-3-6-14(7-4-12)24-20-26-17(25-19(23)27-20)10-29-18(30)22(2,28-21(29)31)13-5-8-15-16(9-13)33-11-32-15/h3-9H,10-11H2,1-2H3,(H,28,31)(H3,23,24,25,26,27)/t22-/m1/s1. The number of hydrogen-bond acceptors (Lipinski definition) is 9. The predicted octanol–water partition coefficient (Wildman–Crippen LogP) is 2.20. The number of urea groups is 1. The number of carbonyl (C=O) groups excluding carboxylic acids is 2. The minimum atomic E-state index is -1.28. The molecular weight excluding hydrogens is 426 g/mol. The van der Waals surface area contributed by atoms with Crippen LogP contribution in [0, 0.1) is 6.92 Å². The summed E-state index contributed by atoms with van der Waals surface area (Å²) in [5, 5.41) is 5.81. The van der Waals surface area contributed by atoms with Crippen LogP contribution in [-0.2, 0) is 16.9 Å². The highest BCUT2D eigenvalue weighted by Crippen LogP contribution is 2.38. The fourth-order valence-corrected chi connectivity index (χ4v) is 3.72. The van der Waals surface area contributed by atoms with Gasteiger partial charge in [-0.05, 0) is 43.7 Å². The first-order valence-corrected chi connectivity index (χ1v) is 10.2. The quantitative estimate of drug-likeness (QED) is 0.501. The molecule has 0 bridgehead atoms. The minimum Gasteiger partial charge on any atom is -0.454 e. The van der Waals surface area contributed by atoms with Crippen LogP contribution in [0.1, 0.15) is 23.9 Å². The Morgan fingerprint density at radius 1 is 1.09 bits per heavy atom. The molecule has 0 radical (unpaired) electrons. The van der Waals surface area contributed by atoms with Crippen LogP contribution in [0.15, 0.2) is 42.5 Å². The Bertz CT molecular complexity index is 1260. The Labute approximate surface area is 188 Å². The van der Waals surface area contributed by atoms with Crippen molar-refractivity contribution in [3.05, 3.63) is 59.4 Å². The first-order valence-electron chi connectivity index (χ1n) is 10.2. The number of rotatable bonds is 5. The summed E-state index contributed by atoms with van der Waals surface area (Å²) >= 11 is 0. The van der Waals surface area contributed by atoms with E-state index in [0.29, 0.717) is 17.1 Å². The van der Waals surface area contributed by atoms with Crippen LogP contribution in [0.5, 0.6) is 11.5 Å². The van der Waals surface area contributed by atoms with Crippen molar-refractivity contribution in [2.45, 2.75) is 25.9 Å². The van der Waals surface area contributed by atoms with Gasteiger partial charge in [0.05, 0.1) is 6.54 Å². The van der Waals surface area contributed by atoms with E-state index >= 15 is 0 Å². The second-order valence-electron chi connectivity index (χ2n) is 7.94. The van der Waals surface area contributed by atoms with Gasteiger partial charge in [-0.3, -0.25) is 9.69 Å². The third-order valence-electron chi connectivity index (χ3n) is 5.53. The minimum absolute atomic E-state index is 0.0276. The van der Waals surface area contributed by atoms with Crippen molar-refractivity contribution >= 4 is 29.5 Å². The molecule has 5 rings (SSSR count). The van der Waals surface area contributed by atoms with E-state index in [4.69, 9.17) is 15.2 Å². The van der Waals surface area contributed by atoms with Gasteiger partial charge in [0.2, 0.25) is 18.7 Å². The number of nitrogen functional groups attached to an aromatic ring is 1. The highest BCUT2D eigenvalue weighted by atomic mass is 16.7. The molecule has 0 saturated carbocycles. The van der Waals surface area contributed by atoms with Gasteiger partial charge < -0.3 is 25.8 Å². The van der Waals surface area contributed by atoms with Crippen LogP contribution in [0.3, 0.4) is 0 Å². The van der Waals surface area contributed by atoms with Crippen molar-refractivity contribution in [2.24, 2.45) is 0 Å². The lowest BCUT2D eigenvalue weighted by atomic mass is 9.91. The number of fused-ring (bicyclic) bond motifs is 1. The van der Waals surface area contributed by atoms with Crippen LogP contribution in [-0.4, -0.2) is 38.6 Å². The number of benzene rings is 2. The first-order chi connectivity index (χ1) is 15.8. The zero-order valence-electron chi connectivity index (χ0n) is 18.0. The molecule has 0 aliphatic carbocycles. The Balaban J connectivity index is 1.38. The van der Waals surface area contributed by atoms with Crippen molar-refractivity contribution in [3.63, 3.8) is 0 Å². The summed E-state index contributed by atoms with van der Waals surface area (Å²) in [6.07, 6.45) is 0. The van der Waals surface area contributed by atoms with Gasteiger partial charge >= 0.3 is 6.03 Å². The lowest BCUT2D eigenvalue weighted by Crippen LogP contribution is -2.40. The van der Waals surface area contributed by atoms with E-state index in [-0.39, 0.29) is 31.1 Å². The summed E-state index contributed by atoms with van der Waals surface area (Å²) in [7, 11) is 0. The van der Waals surface area contributed by atoms with Gasteiger partial charge in [-0.25, -0.2) is 4.79 Å². The van der Waals surface area contributed by atoms with Crippen LogP contribution in [0.25, 0.3) is 0 Å². The van der Waals surface area contributed by atoms with Gasteiger partial charge in [0, 0.05) is 5.69 Å². The second-order valence-corrected chi connectivity index (χ2v) is 7.94. The summed E-state index contributed by atoms with van der Waals surface area (Å²) in [5.41, 5.74) is 7.02. The van der Waals surface area contributed by atoms with Gasteiger partial charge in [0.1, 0.15) is 5.54 Å². The Kier molecular flexibility index (Phi) is 4.73. The molecular formula is C22H21N7O4. The fourth-order valence-electron chi connectivity index (χ4n) is 3.72. The van der Waals surface area contributed by atoms with E-state index in [1.807, 2.05) is 31.2 Å². The predicted molar refractivity (Wildman–Crippen MR) is 118 cm³/mol. The number of amides is 3. The summed E-state index contributed by atoms with van der Waals surface area (Å²) in [6.45, 7) is 3.57. The Morgan fingerprint density at radius 3 is 2.64 bits per heavy atom. The summed E-state index contributed by atoms with van der Waals surface area (Å²) < 4.78 is 10.7. The molecule has 3 heterocycles. The van der Waals surface area contributed by atoms with E-state index in [0.717, 1.165) is 16.2 Å². The monoisotopic (exact) mass is 447 g/mol. The van der Waals surface area contributed by atoms with Gasteiger partial charge in [-0.1, -0.05) is 23.8 Å². The topological polar surface area (TPSA) is 145 Å². The number of nitrogens with zero attached hydrogens (tertiary/aromatic N) is 4. The third-order valence-corrected chi connectivity index (χ3v) is 5.53. The molecule has 33 heavy (non-hydrogen) atoms. The molecule has 1 atom stereocenters. The molecule has 1 fully saturated rings. The average molecular weight is 447 g/mol. The largest absolute Gasteiger partial charge is 0.454 e. The molecule has 2 aromatic carbocycles. The molecule has 2 aliphatic rings. The molecule has 168 valence electrons. The van der Waals surface area contributed by atoms with Gasteiger partial charge in [-0.15, -0.1) is 0 Å². The lowest BCUT2D eigenvalue weighted by molar-refractivity contribution is -0.131. The van der Waals surface area contributed by atoms with Crippen LogP contribution < -0.4 is 25.8 Å². The normalized spacial score (nSPS) is 19.0. The van der Waals surface area contributed by atoms with E-state index in [2.05, 4.69) is 25.6 Å². The van der Waals surface area contributed by atoms with Gasteiger partial charge in [0.15, 0.2) is 17.3 Å². The zero-order chi connectivity index (χ0) is 23.2. The molecule has 0 unspecified atom stereocenters. The molecule has 4 N–H and O–H groups in total. The van der Waals surface area contributed by atoms with Gasteiger partial charge in [-0.2, -0.15) is 15.0 Å². The maximum Gasteiger partial charge on any atom is 0.325 e. The van der Waals surface area contributed by atoms with E-state index in [1.54, 1.807) is 25.1 Å². The number of imide groups is 1. The maximum absolute atomic E-state index is 13.3. The molecule has 2 aliphatic heterocycles. The number of aryl methyl sites for hydroxylation is 1. The van der Waals surface area contributed by atoms with Crippen molar-refractivity contribution < 1.29 is 19.1 Å². The summed E-state index contributed by atoms with van der Waals surface area (Å²) in [4.78, 5) is 39.6. The molecule has 11 nitrogen and oxygen atoms in total. The molecule has 1 aromatic heterocycles. The number of hydrogen-bond donors (Lipinski definition) is 3. The third kappa shape index (κ3) is 3.73. The van der Waals surface area contributed by atoms with Crippen LogP contribution in [0.2, 0.25) is 0 Å². The number of anilines is 3. The highest BCUT2D eigenvalue weighted by Gasteiger charge is 2.49. The number of nitrogens with two attached hydrogens (primary N) is 1. The molecule has 11 heteroatoms. The Hall–Kier alpha value is -4.41. The van der Waals surface area contributed by atoms with E-state index in [9.17, 15) is 9.59 Å². The second kappa shape index (κ2) is 7.62. The highest BCUT2D eigenvalue weighted by molar-refractivity contribution is 6.07. The Morgan fingerprint density at radius 2 is 1.85 bits per heavy atom. The number of aromatic nitrogens is 3. The molecule has 3 amide bonds. The van der Waals surface area contributed by atoms with E-state index < -0.39 is 17.5 Å². The zero-order valence-corrected chi connectivity index (χ0v) is 18.0. The number of ether oxygens (including phenoxy) is 2. The van der Waals surface area contributed by atoms with E-state index in [1.165, 1.54) is 0 Å². The summed E-state index contributed by atoms with van der Waals surface area (Å²) in [6, 6.07) is 12.2. The van der Waals surface area contributed by atoms with Crippen LogP contribution >= 0.6 is 0 Å². The van der Waals surface area contributed by atoms with Gasteiger partial charge in [0.25, 0.3) is 5.91 Å². The number of nitrogens with one attached hydrogen (secondary N) is 2. The summed E-state index contributed by atoms with van der Waals surface area (Å²) in [5.74, 6) is 1.03. The van der Waals surface area contributed by atoms with Crippen molar-refractivity contribution in [3.8, 4) is 11.5 Å². The smallest absolute Gasteiger partial charge is 0.325 e. The van der Waals surface area contributed by atoms with Crippen molar-refractivity contribution in [2.75, 3.05) is 17.8 Å². The van der Waals surface area contributed by atoms with Crippen LogP contribution in [0.4, 0.5) is 22.4 Å². The molecule has 3 aromatic rings. The maximum atomic E-state index is 13.3. The average Bonchev–Trinajstić information content (AvgIpc) is 3.33. The lowest BCUT2D eigenvalue weighted by Gasteiger charge is -2.22. The molecule has 0 spiro atoms. The SMILES string of the molecule is Cc1ccc(Nc2nc(N)nc(CN3C(=O)N[C@](C)(c4ccc5c(c4)OCO5)C3=O)n2)cc1. The first kappa shape index (κ1) is 20.5.